The Morgan fingerprint density at radius 1 is 1.47 bits per heavy atom. The van der Waals surface area contributed by atoms with E-state index in [9.17, 15) is 0 Å². The minimum Gasteiger partial charge on any atom is -0.375 e. The number of nitrogens with one attached hydrogen (secondary N) is 1. The number of hydrogen-bond donors (Lipinski definition) is 1. The molecule has 0 amide bonds. The molecular weight excluding hydrogens is 188 g/mol. The molecule has 0 bridgehead atoms. The first kappa shape index (κ1) is 10.2. The lowest BCUT2D eigenvalue weighted by atomic mass is 9.99. The molecule has 15 heavy (non-hydrogen) atoms. The van der Waals surface area contributed by atoms with Gasteiger partial charge in [0.1, 0.15) is 0 Å². The lowest BCUT2D eigenvalue weighted by Gasteiger charge is -2.26. The highest BCUT2D eigenvalue weighted by molar-refractivity contribution is 5.30. The van der Waals surface area contributed by atoms with Crippen LogP contribution in [0.3, 0.4) is 0 Å². The molecule has 78 valence electrons. The number of hydrogen-bond acceptors (Lipinski definition) is 3. The summed E-state index contributed by atoms with van der Waals surface area (Å²) >= 11 is 0. The molecule has 1 heterocycles. The van der Waals surface area contributed by atoms with Crippen molar-refractivity contribution in [2.24, 2.45) is 0 Å². The zero-order chi connectivity index (χ0) is 10.5. The molecule has 3 nitrogen and oxygen atoms in total. The Morgan fingerprint density at radius 3 is 3.20 bits per heavy atom. The minimum atomic E-state index is 0.239. The molecule has 3 heteroatoms. The van der Waals surface area contributed by atoms with E-state index in [0.717, 1.165) is 6.54 Å². The summed E-state index contributed by atoms with van der Waals surface area (Å²) in [6, 6.07) is 10.7. The third-order valence-electron chi connectivity index (χ3n) is 2.60. The molecule has 0 spiro atoms. The quantitative estimate of drug-likeness (QED) is 0.760. The molecule has 0 radical (unpaired) electrons. The van der Waals surface area contributed by atoms with Crippen molar-refractivity contribution in [3.05, 3.63) is 35.4 Å². The molecular formula is C12H14N2O. The largest absolute Gasteiger partial charge is 0.375 e. The summed E-state index contributed by atoms with van der Waals surface area (Å²) in [7, 11) is 0. The smallest absolute Gasteiger partial charge is 0.0721 e. The second-order valence-electron chi connectivity index (χ2n) is 3.63. The van der Waals surface area contributed by atoms with Crippen LogP contribution in [0.1, 0.15) is 23.6 Å². The number of rotatable bonds is 3. The van der Waals surface area contributed by atoms with Crippen molar-refractivity contribution in [1.82, 2.24) is 5.32 Å². The maximum Gasteiger partial charge on any atom is 0.0721 e. The topological polar surface area (TPSA) is 45.0 Å². The van der Waals surface area contributed by atoms with Crippen molar-refractivity contribution in [2.45, 2.75) is 19.1 Å². The van der Waals surface area contributed by atoms with Gasteiger partial charge in [0.25, 0.3) is 0 Å². The van der Waals surface area contributed by atoms with Gasteiger partial charge in [-0.2, -0.15) is 5.26 Å². The molecule has 1 unspecified atom stereocenters. The van der Waals surface area contributed by atoms with E-state index in [-0.39, 0.29) is 6.04 Å². The van der Waals surface area contributed by atoms with E-state index in [1.807, 2.05) is 12.1 Å². The standard InChI is InChI=1S/C12H14N2O/c13-6-3-7-14-12-9-15-8-10-4-1-2-5-11(10)12/h1-2,4-5,12,14H,3,7-9H2. The zero-order valence-electron chi connectivity index (χ0n) is 8.57. The molecule has 0 saturated carbocycles. The normalized spacial score (nSPS) is 19.3. The highest BCUT2D eigenvalue weighted by atomic mass is 16.5. The van der Waals surface area contributed by atoms with Gasteiger partial charge in [0, 0.05) is 13.0 Å². The molecule has 2 rings (SSSR count). The first-order chi connectivity index (χ1) is 7.42. The van der Waals surface area contributed by atoms with Crippen LogP contribution in [0.2, 0.25) is 0 Å². The van der Waals surface area contributed by atoms with Crippen molar-refractivity contribution in [2.75, 3.05) is 13.2 Å². The molecule has 0 saturated heterocycles. The predicted octanol–water partition coefficient (Wildman–Crippen LogP) is 1.76. The van der Waals surface area contributed by atoms with E-state index in [1.165, 1.54) is 11.1 Å². The monoisotopic (exact) mass is 202 g/mol. The van der Waals surface area contributed by atoms with Crippen LogP contribution in [0.15, 0.2) is 24.3 Å². The van der Waals surface area contributed by atoms with Gasteiger partial charge in [-0.15, -0.1) is 0 Å². The SMILES string of the molecule is N#CCCNC1COCc2ccccc21. The third-order valence-corrected chi connectivity index (χ3v) is 2.60. The van der Waals surface area contributed by atoms with E-state index >= 15 is 0 Å². The molecule has 0 aliphatic carbocycles. The van der Waals surface area contributed by atoms with Gasteiger partial charge in [0.05, 0.1) is 25.3 Å². The van der Waals surface area contributed by atoms with E-state index in [2.05, 4.69) is 23.5 Å². The first-order valence-electron chi connectivity index (χ1n) is 5.17. The molecule has 0 aromatic heterocycles. The van der Waals surface area contributed by atoms with Gasteiger partial charge in [0.2, 0.25) is 0 Å². The first-order valence-corrected chi connectivity index (χ1v) is 5.17. The van der Waals surface area contributed by atoms with Gasteiger partial charge in [-0.1, -0.05) is 24.3 Å². The van der Waals surface area contributed by atoms with Crippen LogP contribution in [-0.2, 0) is 11.3 Å². The summed E-state index contributed by atoms with van der Waals surface area (Å²) in [5.41, 5.74) is 2.56. The number of nitrogens with zero attached hydrogens (tertiary/aromatic N) is 1. The second kappa shape index (κ2) is 4.92. The van der Waals surface area contributed by atoms with Crippen molar-refractivity contribution in [3.8, 4) is 6.07 Å². The van der Waals surface area contributed by atoms with E-state index in [1.54, 1.807) is 0 Å². The van der Waals surface area contributed by atoms with Gasteiger partial charge < -0.3 is 10.1 Å². The van der Waals surface area contributed by atoms with Gasteiger partial charge >= 0.3 is 0 Å². The number of benzene rings is 1. The van der Waals surface area contributed by atoms with Crippen LogP contribution in [0.4, 0.5) is 0 Å². The number of fused-ring (bicyclic) bond motifs is 1. The van der Waals surface area contributed by atoms with Crippen molar-refractivity contribution >= 4 is 0 Å². The van der Waals surface area contributed by atoms with Crippen molar-refractivity contribution in [1.29, 1.82) is 5.26 Å². The van der Waals surface area contributed by atoms with Gasteiger partial charge in [-0.05, 0) is 11.1 Å². The summed E-state index contributed by atoms with van der Waals surface area (Å²) < 4.78 is 5.49. The minimum absolute atomic E-state index is 0.239. The van der Waals surface area contributed by atoms with Crippen LogP contribution in [-0.4, -0.2) is 13.2 Å². The number of nitriles is 1. The van der Waals surface area contributed by atoms with Crippen LogP contribution in [0, 0.1) is 11.3 Å². The van der Waals surface area contributed by atoms with E-state index in [0.29, 0.717) is 19.6 Å². The molecule has 1 atom stereocenters. The maximum absolute atomic E-state index is 8.47. The van der Waals surface area contributed by atoms with Crippen molar-refractivity contribution < 1.29 is 4.74 Å². The lowest BCUT2D eigenvalue weighted by molar-refractivity contribution is 0.0824. The third kappa shape index (κ3) is 2.35. The van der Waals surface area contributed by atoms with Crippen molar-refractivity contribution in [3.63, 3.8) is 0 Å². The molecule has 0 fully saturated rings. The van der Waals surface area contributed by atoms with E-state index < -0.39 is 0 Å². The summed E-state index contributed by atoms with van der Waals surface area (Å²) in [6.07, 6.45) is 0.540. The summed E-state index contributed by atoms with van der Waals surface area (Å²) in [6.45, 7) is 2.12. The van der Waals surface area contributed by atoms with Crippen LogP contribution < -0.4 is 5.32 Å². The Bertz CT molecular complexity index is 370. The number of ether oxygens (including phenoxy) is 1. The zero-order valence-corrected chi connectivity index (χ0v) is 8.57. The Hall–Kier alpha value is -1.37. The Morgan fingerprint density at radius 2 is 2.33 bits per heavy atom. The fraction of sp³-hybridized carbons (Fsp3) is 0.417. The Balaban J connectivity index is 2.06. The molecule has 1 N–H and O–H groups in total. The predicted molar refractivity (Wildman–Crippen MR) is 57.1 cm³/mol. The lowest BCUT2D eigenvalue weighted by Crippen LogP contribution is -2.30. The highest BCUT2D eigenvalue weighted by Crippen LogP contribution is 2.23. The summed E-state index contributed by atoms with van der Waals surface area (Å²) in [5, 5.41) is 11.8. The fourth-order valence-electron chi connectivity index (χ4n) is 1.85. The average Bonchev–Trinajstić information content (AvgIpc) is 2.30. The molecule has 1 aromatic carbocycles. The van der Waals surface area contributed by atoms with Crippen LogP contribution in [0.5, 0.6) is 0 Å². The van der Waals surface area contributed by atoms with Gasteiger partial charge in [-0.3, -0.25) is 0 Å². The van der Waals surface area contributed by atoms with Crippen LogP contribution >= 0.6 is 0 Å². The summed E-state index contributed by atoms with van der Waals surface area (Å²) in [5.74, 6) is 0. The van der Waals surface area contributed by atoms with E-state index in [4.69, 9.17) is 10.00 Å². The fourth-order valence-corrected chi connectivity index (χ4v) is 1.85. The average molecular weight is 202 g/mol. The van der Waals surface area contributed by atoms with Gasteiger partial charge in [-0.25, -0.2) is 0 Å². The second-order valence-corrected chi connectivity index (χ2v) is 3.63. The molecule has 1 aromatic rings. The Kier molecular flexibility index (Phi) is 3.33. The Labute approximate surface area is 89.7 Å². The highest BCUT2D eigenvalue weighted by Gasteiger charge is 2.18. The van der Waals surface area contributed by atoms with Gasteiger partial charge in [0.15, 0.2) is 0 Å². The summed E-state index contributed by atoms with van der Waals surface area (Å²) in [4.78, 5) is 0. The maximum atomic E-state index is 8.47. The van der Waals surface area contributed by atoms with Crippen LogP contribution in [0.25, 0.3) is 0 Å². The molecule has 1 aliphatic heterocycles. The molecule has 1 aliphatic rings.